The largest absolute Gasteiger partial charge is 0.364 e. The van der Waals surface area contributed by atoms with Gasteiger partial charge in [0.05, 0.1) is 17.9 Å². The number of carbonyl (C=O) groups is 2. The van der Waals surface area contributed by atoms with Gasteiger partial charge in [0.25, 0.3) is 5.91 Å². The molecule has 3 heterocycles. The van der Waals surface area contributed by atoms with Gasteiger partial charge >= 0.3 is 0 Å². The van der Waals surface area contributed by atoms with Crippen LogP contribution in [0.3, 0.4) is 0 Å². The molecule has 30 heavy (non-hydrogen) atoms. The highest BCUT2D eigenvalue weighted by Crippen LogP contribution is 2.35. The smallest absolute Gasteiger partial charge is 0.289 e. The van der Waals surface area contributed by atoms with Crippen molar-refractivity contribution < 1.29 is 14.3 Å². The number of amides is 2. The van der Waals surface area contributed by atoms with Gasteiger partial charge in [-0.1, -0.05) is 42.5 Å². The predicted molar refractivity (Wildman–Crippen MR) is 108 cm³/mol. The molecule has 0 bridgehead atoms. The second-order valence-corrected chi connectivity index (χ2v) is 7.84. The number of fused-ring (bicyclic) bond motifs is 2. The summed E-state index contributed by atoms with van der Waals surface area (Å²) in [5.41, 5.74) is 2.98. The van der Waals surface area contributed by atoms with E-state index >= 15 is 0 Å². The minimum atomic E-state index is -0.645. The lowest BCUT2D eigenvalue weighted by molar-refractivity contribution is -0.122. The van der Waals surface area contributed by atoms with Crippen molar-refractivity contribution in [2.75, 3.05) is 0 Å². The molecule has 8 nitrogen and oxygen atoms in total. The lowest BCUT2D eigenvalue weighted by Crippen LogP contribution is -2.45. The first-order valence-electron chi connectivity index (χ1n) is 10.3. The molecule has 0 spiro atoms. The number of aromatic amines is 1. The zero-order valence-corrected chi connectivity index (χ0v) is 16.4. The topological polar surface area (TPSA) is 109 Å². The number of aromatic nitrogens is 3. The van der Waals surface area contributed by atoms with Crippen LogP contribution in [0, 0.1) is 0 Å². The maximum absolute atomic E-state index is 12.8. The van der Waals surface area contributed by atoms with E-state index in [0.717, 1.165) is 29.7 Å². The molecule has 1 aromatic carbocycles. The maximum Gasteiger partial charge on any atom is 0.289 e. The minimum absolute atomic E-state index is 0.0682. The van der Waals surface area contributed by atoms with Gasteiger partial charge in [0.2, 0.25) is 11.7 Å². The Morgan fingerprint density at radius 1 is 1.13 bits per heavy atom. The molecule has 1 aromatic heterocycles. The molecule has 1 aliphatic carbocycles. The molecule has 154 valence electrons. The van der Waals surface area contributed by atoms with Crippen molar-refractivity contribution in [3.8, 4) is 0 Å². The van der Waals surface area contributed by atoms with Crippen LogP contribution in [0.5, 0.6) is 0 Å². The van der Waals surface area contributed by atoms with Gasteiger partial charge in [-0.25, -0.2) is 0 Å². The maximum atomic E-state index is 12.8. The van der Waals surface area contributed by atoms with Crippen LogP contribution in [0.4, 0.5) is 0 Å². The number of nitrogens with one attached hydrogen (secondary N) is 3. The van der Waals surface area contributed by atoms with E-state index in [9.17, 15) is 9.59 Å². The summed E-state index contributed by atoms with van der Waals surface area (Å²) in [7, 11) is 0. The van der Waals surface area contributed by atoms with Crippen LogP contribution in [0.1, 0.15) is 47.7 Å². The van der Waals surface area contributed by atoms with E-state index in [0.29, 0.717) is 25.1 Å². The average Bonchev–Trinajstić information content (AvgIpc) is 3.33. The Kier molecular flexibility index (Phi) is 4.92. The van der Waals surface area contributed by atoms with Gasteiger partial charge in [-0.2, -0.15) is 0 Å². The molecule has 0 saturated carbocycles. The molecule has 2 aliphatic heterocycles. The van der Waals surface area contributed by atoms with Gasteiger partial charge in [-0.15, -0.1) is 10.2 Å². The Balaban J connectivity index is 1.25. The van der Waals surface area contributed by atoms with E-state index in [1.54, 1.807) is 0 Å². The van der Waals surface area contributed by atoms with Gasteiger partial charge < -0.3 is 20.4 Å². The van der Waals surface area contributed by atoms with Crippen LogP contribution in [-0.2, 0) is 16.0 Å². The highest BCUT2D eigenvalue weighted by Gasteiger charge is 2.39. The van der Waals surface area contributed by atoms with E-state index in [2.05, 4.69) is 31.9 Å². The van der Waals surface area contributed by atoms with Crippen molar-refractivity contribution in [1.29, 1.82) is 0 Å². The summed E-state index contributed by atoms with van der Waals surface area (Å²) >= 11 is 0. The Bertz CT molecular complexity index is 1030. The molecule has 3 aliphatic rings. The van der Waals surface area contributed by atoms with Gasteiger partial charge in [0, 0.05) is 12.0 Å². The number of ether oxygens (including phenoxy) is 1. The number of allylic oxidation sites excluding steroid dienone is 1. The third kappa shape index (κ3) is 3.66. The SMILES string of the molecule is O=C(NC1CCC2OC3CCC=CC3=C2NC1=O)c1nnc(Cc2ccccc2)[nH]1. The predicted octanol–water partition coefficient (Wildman–Crippen LogP) is 1.78. The molecule has 5 rings (SSSR count). The molecule has 3 unspecified atom stereocenters. The quantitative estimate of drug-likeness (QED) is 0.718. The number of hydrogen-bond donors (Lipinski definition) is 3. The lowest BCUT2D eigenvalue weighted by atomic mass is 9.98. The van der Waals surface area contributed by atoms with Crippen molar-refractivity contribution in [2.24, 2.45) is 0 Å². The number of H-pyrrole nitrogens is 1. The van der Waals surface area contributed by atoms with E-state index in [-0.39, 0.29) is 23.9 Å². The zero-order chi connectivity index (χ0) is 20.5. The Hall–Kier alpha value is -3.26. The summed E-state index contributed by atoms with van der Waals surface area (Å²) < 4.78 is 6.11. The summed E-state index contributed by atoms with van der Waals surface area (Å²) in [5.74, 6) is 0.0389. The van der Waals surface area contributed by atoms with Gasteiger partial charge in [-0.05, 0) is 31.2 Å². The standard InChI is InChI=1S/C22H23N5O3/c28-21-15(10-11-17-19(25-21)14-8-4-5-9-16(14)30-17)23-22(29)20-24-18(26-27-20)12-13-6-2-1-3-7-13/h1-4,6-8,15-17H,5,9-12H2,(H,23,29)(H,25,28)(H,24,26,27). The van der Waals surface area contributed by atoms with Crippen LogP contribution in [-0.4, -0.2) is 45.2 Å². The summed E-state index contributed by atoms with van der Waals surface area (Å²) in [5, 5.41) is 13.8. The number of hydrogen-bond acceptors (Lipinski definition) is 5. The molecular formula is C22H23N5O3. The third-order valence-corrected chi connectivity index (χ3v) is 5.76. The molecule has 8 heteroatoms. The van der Waals surface area contributed by atoms with Gasteiger partial charge in [-0.3, -0.25) is 9.59 Å². The second kappa shape index (κ2) is 7.87. The first kappa shape index (κ1) is 18.7. The van der Waals surface area contributed by atoms with E-state index < -0.39 is 11.9 Å². The Labute approximate surface area is 173 Å². The first-order chi connectivity index (χ1) is 14.7. The van der Waals surface area contributed by atoms with Gasteiger partial charge in [0.1, 0.15) is 11.9 Å². The average molecular weight is 405 g/mol. The summed E-state index contributed by atoms with van der Waals surface area (Å²) in [6.07, 6.45) is 7.75. The van der Waals surface area contributed by atoms with Crippen LogP contribution < -0.4 is 10.6 Å². The molecule has 0 radical (unpaired) electrons. The monoisotopic (exact) mass is 405 g/mol. The number of nitrogens with zero attached hydrogens (tertiary/aromatic N) is 2. The summed E-state index contributed by atoms with van der Waals surface area (Å²) in [6.45, 7) is 0. The Morgan fingerprint density at radius 3 is 2.87 bits per heavy atom. The van der Waals surface area contributed by atoms with Gasteiger partial charge in [0.15, 0.2) is 0 Å². The number of benzene rings is 1. The minimum Gasteiger partial charge on any atom is -0.364 e. The van der Waals surface area contributed by atoms with E-state index in [1.165, 1.54) is 0 Å². The fraction of sp³-hybridized carbons (Fsp3) is 0.364. The summed E-state index contributed by atoms with van der Waals surface area (Å²) in [4.78, 5) is 28.3. The molecule has 1 saturated heterocycles. The number of rotatable bonds is 4. The highest BCUT2D eigenvalue weighted by atomic mass is 16.5. The van der Waals surface area contributed by atoms with Crippen molar-refractivity contribution in [3.63, 3.8) is 0 Å². The fourth-order valence-corrected chi connectivity index (χ4v) is 4.24. The van der Waals surface area contributed by atoms with Crippen LogP contribution in [0.15, 0.2) is 53.8 Å². The van der Waals surface area contributed by atoms with Crippen molar-refractivity contribution >= 4 is 11.8 Å². The van der Waals surface area contributed by atoms with Crippen LogP contribution >= 0.6 is 0 Å². The van der Waals surface area contributed by atoms with Crippen LogP contribution in [0.25, 0.3) is 0 Å². The van der Waals surface area contributed by atoms with E-state index in [1.807, 2.05) is 36.4 Å². The molecule has 2 amide bonds. The third-order valence-electron chi connectivity index (χ3n) is 5.76. The van der Waals surface area contributed by atoms with Crippen LogP contribution in [0.2, 0.25) is 0 Å². The van der Waals surface area contributed by atoms with Crippen molar-refractivity contribution in [2.45, 2.75) is 50.4 Å². The normalized spacial score (nSPS) is 25.3. The fourth-order valence-electron chi connectivity index (χ4n) is 4.24. The highest BCUT2D eigenvalue weighted by molar-refractivity contribution is 5.95. The lowest BCUT2D eigenvalue weighted by Gasteiger charge is -2.18. The molecule has 1 fully saturated rings. The van der Waals surface area contributed by atoms with Crippen molar-refractivity contribution in [3.05, 3.63) is 71.0 Å². The molecule has 2 aromatic rings. The Morgan fingerprint density at radius 2 is 2.00 bits per heavy atom. The van der Waals surface area contributed by atoms with E-state index in [4.69, 9.17) is 4.74 Å². The summed E-state index contributed by atoms with van der Waals surface area (Å²) in [6, 6.07) is 9.17. The molecular weight excluding hydrogens is 382 g/mol. The molecule has 3 atom stereocenters. The zero-order valence-electron chi connectivity index (χ0n) is 16.4. The van der Waals surface area contributed by atoms with Crippen molar-refractivity contribution in [1.82, 2.24) is 25.8 Å². The second-order valence-electron chi connectivity index (χ2n) is 7.84. The molecule has 3 N–H and O–H groups in total. The number of carbonyl (C=O) groups excluding carboxylic acids is 2. The first-order valence-corrected chi connectivity index (χ1v) is 10.3.